The molecule has 0 unspecified atom stereocenters. The third-order valence-corrected chi connectivity index (χ3v) is 2.42. The zero-order chi connectivity index (χ0) is 9.14. The normalized spacial score (nSPS) is 10.2. The van der Waals surface area contributed by atoms with Crippen LogP contribution >= 0.6 is 11.8 Å². The van der Waals surface area contributed by atoms with Gasteiger partial charge in [0.05, 0.1) is 0 Å². The van der Waals surface area contributed by atoms with Crippen molar-refractivity contribution in [3.05, 3.63) is 28.8 Å². The zero-order valence-electron chi connectivity index (χ0n) is 7.72. The fourth-order valence-electron chi connectivity index (χ4n) is 1.31. The van der Waals surface area contributed by atoms with Crippen molar-refractivity contribution in [3.63, 3.8) is 0 Å². The van der Waals surface area contributed by atoms with Crippen molar-refractivity contribution in [1.29, 1.82) is 0 Å². The van der Waals surface area contributed by atoms with Crippen molar-refractivity contribution < 1.29 is 5.11 Å². The van der Waals surface area contributed by atoms with Gasteiger partial charge >= 0.3 is 0 Å². The lowest BCUT2D eigenvalue weighted by Gasteiger charge is -2.07. The Hall–Kier alpha value is -0.630. The molecule has 0 atom stereocenters. The molecule has 0 bridgehead atoms. The molecular weight excluding hydrogens is 168 g/mol. The quantitative estimate of drug-likeness (QED) is 0.759. The summed E-state index contributed by atoms with van der Waals surface area (Å²) >= 11 is 1.73. The molecule has 1 N–H and O–H groups in total. The van der Waals surface area contributed by atoms with Crippen LogP contribution in [0.4, 0.5) is 0 Å². The van der Waals surface area contributed by atoms with Gasteiger partial charge in [-0.2, -0.15) is 11.8 Å². The van der Waals surface area contributed by atoms with Crippen LogP contribution in [0, 0.1) is 13.8 Å². The number of aromatic hydroxyl groups is 1. The smallest absolute Gasteiger partial charge is 0.122 e. The van der Waals surface area contributed by atoms with E-state index >= 15 is 0 Å². The van der Waals surface area contributed by atoms with Gasteiger partial charge in [0.25, 0.3) is 0 Å². The minimum absolute atomic E-state index is 0.454. The van der Waals surface area contributed by atoms with E-state index in [4.69, 9.17) is 0 Å². The molecule has 0 aliphatic rings. The molecule has 1 nitrogen and oxygen atoms in total. The second-order valence-corrected chi connectivity index (χ2v) is 3.89. The highest BCUT2D eigenvalue weighted by Crippen LogP contribution is 2.26. The Morgan fingerprint density at radius 3 is 2.58 bits per heavy atom. The summed E-state index contributed by atoms with van der Waals surface area (Å²) in [6.45, 7) is 3.99. The zero-order valence-corrected chi connectivity index (χ0v) is 8.53. The Labute approximate surface area is 77.8 Å². The average Bonchev–Trinajstić information content (AvgIpc) is 2.00. The van der Waals surface area contributed by atoms with Crippen molar-refractivity contribution in [1.82, 2.24) is 0 Å². The SMILES string of the molecule is CSCc1cc(C)cc(C)c1O. The van der Waals surface area contributed by atoms with E-state index in [0.29, 0.717) is 5.75 Å². The van der Waals surface area contributed by atoms with E-state index in [1.54, 1.807) is 11.8 Å². The van der Waals surface area contributed by atoms with Crippen LogP contribution in [0.5, 0.6) is 5.75 Å². The van der Waals surface area contributed by atoms with Gasteiger partial charge in [0.15, 0.2) is 0 Å². The molecule has 1 aromatic carbocycles. The lowest BCUT2D eigenvalue weighted by molar-refractivity contribution is 0.466. The molecular formula is C10H14OS. The van der Waals surface area contributed by atoms with Crippen LogP contribution in [0.1, 0.15) is 16.7 Å². The number of phenolic OH excluding ortho intramolecular Hbond substituents is 1. The Balaban J connectivity index is 3.09. The van der Waals surface area contributed by atoms with Gasteiger partial charge in [-0.25, -0.2) is 0 Å². The van der Waals surface area contributed by atoms with Gasteiger partial charge in [0.1, 0.15) is 5.75 Å². The topological polar surface area (TPSA) is 20.2 Å². The molecule has 1 aromatic rings. The molecule has 0 spiro atoms. The highest BCUT2D eigenvalue weighted by molar-refractivity contribution is 7.97. The summed E-state index contributed by atoms with van der Waals surface area (Å²) in [5, 5.41) is 9.64. The molecule has 1 rings (SSSR count). The Morgan fingerprint density at radius 2 is 2.00 bits per heavy atom. The summed E-state index contributed by atoms with van der Waals surface area (Å²) in [4.78, 5) is 0. The van der Waals surface area contributed by atoms with E-state index in [9.17, 15) is 5.11 Å². The molecule has 0 radical (unpaired) electrons. The number of phenols is 1. The summed E-state index contributed by atoms with van der Waals surface area (Å²) in [5.41, 5.74) is 3.23. The predicted molar refractivity (Wildman–Crippen MR) is 54.8 cm³/mol. The number of thioether (sulfide) groups is 1. The summed E-state index contributed by atoms with van der Waals surface area (Å²) in [5.74, 6) is 1.34. The lowest BCUT2D eigenvalue weighted by atomic mass is 10.1. The molecule has 66 valence electrons. The summed E-state index contributed by atoms with van der Waals surface area (Å²) in [6.07, 6.45) is 2.04. The fourth-order valence-corrected chi connectivity index (χ4v) is 1.84. The highest BCUT2D eigenvalue weighted by Gasteiger charge is 2.03. The van der Waals surface area contributed by atoms with Gasteiger partial charge < -0.3 is 5.11 Å². The number of benzene rings is 1. The van der Waals surface area contributed by atoms with Crippen LogP contribution in [0.25, 0.3) is 0 Å². The fraction of sp³-hybridized carbons (Fsp3) is 0.400. The van der Waals surface area contributed by atoms with Gasteiger partial charge in [-0.15, -0.1) is 0 Å². The molecule has 0 aromatic heterocycles. The third-order valence-electron chi connectivity index (χ3n) is 1.82. The Bertz CT molecular complexity index is 281. The highest BCUT2D eigenvalue weighted by atomic mass is 32.2. The van der Waals surface area contributed by atoms with E-state index in [1.165, 1.54) is 5.56 Å². The van der Waals surface area contributed by atoms with Crippen molar-refractivity contribution >= 4 is 11.8 Å². The van der Waals surface area contributed by atoms with Gasteiger partial charge in [-0.3, -0.25) is 0 Å². The number of hydrogen-bond acceptors (Lipinski definition) is 2. The van der Waals surface area contributed by atoms with Crippen LogP contribution < -0.4 is 0 Å². The maximum atomic E-state index is 9.64. The van der Waals surface area contributed by atoms with E-state index in [0.717, 1.165) is 16.9 Å². The second kappa shape index (κ2) is 3.85. The van der Waals surface area contributed by atoms with Crippen molar-refractivity contribution in [2.24, 2.45) is 0 Å². The first-order valence-corrected chi connectivity index (χ1v) is 5.32. The predicted octanol–water partition coefficient (Wildman–Crippen LogP) is 2.87. The summed E-state index contributed by atoms with van der Waals surface area (Å²) in [7, 11) is 0. The average molecular weight is 182 g/mol. The number of aryl methyl sites for hydroxylation is 2. The van der Waals surface area contributed by atoms with Gasteiger partial charge in [0.2, 0.25) is 0 Å². The van der Waals surface area contributed by atoms with Crippen molar-refractivity contribution in [2.45, 2.75) is 19.6 Å². The maximum absolute atomic E-state index is 9.64. The Kier molecular flexibility index (Phi) is 3.04. The first-order chi connectivity index (χ1) is 5.65. The first kappa shape index (κ1) is 9.46. The largest absolute Gasteiger partial charge is 0.507 e. The van der Waals surface area contributed by atoms with Crippen LogP contribution in [-0.4, -0.2) is 11.4 Å². The standard InChI is InChI=1S/C10H14OS/c1-7-4-8(2)10(11)9(5-7)6-12-3/h4-5,11H,6H2,1-3H3. The van der Waals surface area contributed by atoms with Gasteiger partial charge in [-0.05, 0) is 25.7 Å². The van der Waals surface area contributed by atoms with Crippen molar-refractivity contribution in [3.8, 4) is 5.75 Å². The molecule has 2 heteroatoms. The molecule has 12 heavy (non-hydrogen) atoms. The molecule has 0 heterocycles. The molecule has 0 saturated carbocycles. The Morgan fingerprint density at radius 1 is 1.33 bits per heavy atom. The molecule has 0 aliphatic heterocycles. The van der Waals surface area contributed by atoms with Crippen LogP contribution in [0.2, 0.25) is 0 Å². The molecule has 0 amide bonds. The second-order valence-electron chi connectivity index (χ2n) is 3.02. The van der Waals surface area contributed by atoms with E-state index in [2.05, 4.69) is 6.92 Å². The minimum Gasteiger partial charge on any atom is -0.507 e. The molecule has 0 saturated heterocycles. The number of hydrogen-bond donors (Lipinski definition) is 1. The van der Waals surface area contributed by atoms with E-state index in [1.807, 2.05) is 25.3 Å². The monoisotopic (exact) mass is 182 g/mol. The van der Waals surface area contributed by atoms with Crippen LogP contribution in [0.15, 0.2) is 12.1 Å². The number of rotatable bonds is 2. The maximum Gasteiger partial charge on any atom is 0.122 e. The van der Waals surface area contributed by atoms with Gasteiger partial charge in [0, 0.05) is 11.3 Å². The van der Waals surface area contributed by atoms with Gasteiger partial charge in [-0.1, -0.05) is 17.7 Å². The molecule has 0 fully saturated rings. The van der Waals surface area contributed by atoms with E-state index in [-0.39, 0.29) is 0 Å². The van der Waals surface area contributed by atoms with Crippen LogP contribution in [0.3, 0.4) is 0 Å². The van der Waals surface area contributed by atoms with Crippen molar-refractivity contribution in [2.75, 3.05) is 6.26 Å². The first-order valence-electron chi connectivity index (χ1n) is 3.93. The molecule has 0 aliphatic carbocycles. The lowest BCUT2D eigenvalue weighted by Crippen LogP contribution is -1.86. The van der Waals surface area contributed by atoms with Crippen LogP contribution in [-0.2, 0) is 5.75 Å². The third kappa shape index (κ3) is 1.95. The minimum atomic E-state index is 0.454. The summed E-state index contributed by atoms with van der Waals surface area (Å²) in [6, 6.07) is 4.04. The summed E-state index contributed by atoms with van der Waals surface area (Å²) < 4.78 is 0. The van der Waals surface area contributed by atoms with E-state index < -0.39 is 0 Å².